The van der Waals surface area contributed by atoms with Gasteiger partial charge in [0.15, 0.2) is 0 Å². The Kier molecular flexibility index (Phi) is 5.36. The maximum Gasteiger partial charge on any atom is 0.0968 e. The summed E-state index contributed by atoms with van der Waals surface area (Å²) in [5.41, 5.74) is 4.39. The molecule has 124 valence electrons. The first-order valence-electron chi connectivity index (χ1n) is 8.06. The second kappa shape index (κ2) is 7.86. The first-order chi connectivity index (χ1) is 11.8. The highest BCUT2D eigenvalue weighted by Gasteiger charge is 2.14. The highest BCUT2D eigenvalue weighted by molar-refractivity contribution is 5.62. The van der Waals surface area contributed by atoms with Crippen LogP contribution in [0.3, 0.4) is 0 Å². The highest BCUT2D eigenvalue weighted by Crippen LogP contribution is 2.23. The van der Waals surface area contributed by atoms with Crippen LogP contribution in [0.1, 0.15) is 11.1 Å². The summed E-state index contributed by atoms with van der Waals surface area (Å²) < 4.78 is 1.85. The number of aliphatic hydroxyl groups excluding tert-OH is 1. The Bertz CT molecular complexity index is 756. The van der Waals surface area contributed by atoms with Crippen LogP contribution in [-0.2, 0) is 20.1 Å². The minimum atomic E-state index is 0.126. The topological polar surface area (TPSA) is 54.2 Å². The van der Waals surface area contributed by atoms with Crippen LogP contribution in [-0.4, -0.2) is 37.9 Å². The Morgan fingerprint density at radius 1 is 1.08 bits per heavy atom. The molecule has 3 rings (SSSR count). The Morgan fingerprint density at radius 2 is 1.92 bits per heavy atom. The monoisotopic (exact) mass is 322 g/mol. The zero-order chi connectivity index (χ0) is 16.8. The fraction of sp³-hybridized carbons (Fsp3) is 0.263. The van der Waals surface area contributed by atoms with Crippen molar-refractivity contribution in [2.24, 2.45) is 7.05 Å². The minimum Gasteiger partial charge on any atom is -0.395 e. The molecule has 0 amide bonds. The van der Waals surface area contributed by atoms with Crippen LogP contribution in [0.4, 0.5) is 0 Å². The summed E-state index contributed by atoms with van der Waals surface area (Å²) in [5.74, 6) is 0. The van der Waals surface area contributed by atoms with Gasteiger partial charge in [0.1, 0.15) is 0 Å². The fourth-order valence-electron chi connectivity index (χ4n) is 2.84. The summed E-state index contributed by atoms with van der Waals surface area (Å²) in [7, 11) is 1.94. The molecule has 0 aliphatic heterocycles. The zero-order valence-corrected chi connectivity index (χ0v) is 13.8. The molecule has 0 aliphatic rings. The number of aliphatic hydroxyl groups is 1. The van der Waals surface area contributed by atoms with E-state index in [0.717, 1.165) is 35.5 Å². The van der Waals surface area contributed by atoms with Crippen LogP contribution in [0, 0.1) is 0 Å². The maximum atomic E-state index is 9.41. The van der Waals surface area contributed by atoms with Crippen molar-refractivity contribution in [2.75, 3.05) is 13.2 Å². The number of aromatic nitrogens is 3. The van der Waals surface area contributed by atoms with Crippen molar-refractivity contribution in [1.82, 2.24) is 19.7 Å². The standard InChI is InChI=1S/C19H22N4O/c1-22-14-18(19(21-22)17-7-3-2-4-8-17)15-23(10-11-24)13-16-6-5-9-20-12-16/h2-9,12,14,24H,10-11,13,15H2,1H3. The third kappa shape index (κ3) is 4.07. The molecule has 3 aromatic rings. The van der Waals surface area contributed by atoms with Crippen LogP contribution in [0.25, 0.3) is 11.3 Å². The molecule has 0 bridgehead atoms. The van der Waals surface area contributed by atoms with Crippen molar-refractivity contribution in [3.63, 3.8) is 0 Å². The molecule has 0 saturated heterocycles. The first kappa shape index (κ1) is 16.4. The summed E-state index contributed by atoms with van der Waals surface area (Å²) in [4.78, 5) is 6.38. The van der Waals surface area contributed by atoms with E-state index in [0.29, 0.717) is 6.54 Å². The Balaban J connectivity index is 1.82. The van der Waals surface area contributed by atoms with E-state index in [-0.39, 0.29) is 6.61 Å². The van der Waals surface area contributed by atoms with Gasteiger partial charge >= 0.3 is 0 Å². The molecular formula is C19H22N4O. The maximum absolute atomic E-state index is 9.41. The highest BCUT2D eigenvalue weighted by atomic mass is 16.3. The number of hydrogen-bond donors (Lipinski definition) is 1. The second-order valence-corrected chi connectivity index (χ2v) is 5.84. The predicted molar refractivity (Wildman–Crippen MR) is 94.1 cm³/mol. The number of nitrogens with zero attached hydrogens (tertiary/aromatic N) is 4. The fourth-order valence-corrected chi connectivity index (χ4v) is 2.84. The van der Waals surface area contributed by atoms with Crippen molar-refractivity contribution in [2.45, 2.75) is 13.1 Å². The molecule has 2 aromatic heterocycles. The molecule has 0 spiro atoms. The summed E-state index contributed by atoms with van der Waals surface area (Å²) in [5, 5.41) is 14.0. The number of hydrogen-bond acceptors (Lipinski definition) is 4. The zero-order valence-electron chi connectivity index (χ0n) is 13.8. The number of aryl methyl sites for hydroxylation is 1. The van der Waals surface area contributed by atoms with Crippen LogP contribution in [0.2, 0.25) is 0 Å². The van der Waals surface area contributed by atoms with Crippen molar-refractivity contribution in [1.29, 1.82) is 0 Å². The Labute approximate surface area is 142 Å². The minimum absolute atomic E-state index is 0.126. The molecule has 1 aromatic carbocycles. The lowest BCUT2D eigenvalue weighted by Gasteiger charge is -2.21. The normalized spacial score (nSPS) is 11.1. The van der Waals surface area contributed by atoms with Gasteiger partial charge in [0, 0.05) is 56.4 Å². The quantitative estimate of drug-likeness (QED) is 0.726. The summed E-state index contributed by atoms with van der Waals surface area (Å²) in [6.07, 6.45) is 5.69. The third-order valence-corrected chi connectivity index (χ3v) is 3.89. The van der Waals surface area contributed by atoms with Gasteiger partial charge in [-0.3, -0.25) is 14.6 Å². The second-order valence-electron chi connectivity index (χ2n) is 5.84. The molecule has 0 fully saturated rings. The Morgan fingerprint density at radius 3 is 2.62 bits per heavy atom. The van der Waals surface area contributed by atoms with Gasteiger partial charge in [0.05, 0.1) is 12.3 Å². The first-order valence-corrected chi connectivity index (χ1v) is 8.06. The molecule has 24 heavy (non-hydrogen) atoms. The van der Waals surface area contributed by atoms with Gasteiger partial charge in [0.2, 0.25) is 0 Å². The van der Waals surface area contributed by atoms with Crippen LogP contribution >= 0.6 is 0 Å². The number of pyridine rings is 1. The molecule has 0 radical (unpaired) electrons. The number of benzene rings is 1. The van der Waals surface area contributed by atoms with Gasteiger partial charge in [-0.15, -0.1) is 0 Å². The molecule has 5 nitrogen and oxygen atoms in total. The van der Waals surface area contributed by atoms with E-state index in [1.54, 1.807) is 6.20 Å². The average Bonchev–Trinajstić information content (AvgIpc) is 2.97. The lowest BCUT2D eigenvalue weighted by molar-refractivity contribution is 0.184. The van der Waals surface area contributed by atoms with Crippen molar-refractivity contribution < 1.29 is 5.11 Å². The molecule has 0 unspecified atom stereocenters. The SMILES string of the molecule is Cn1cc(CN(CCO)Cc2cccnc2)c(-c2ccccc2)n1. The predicted octanol–water partition coefficient (Wildman–Crippen LogP) is 2.48. The van der Waals surface area contributed by atoms with Crippen LogP contribution in [0.5, 0.6) is 0 Å². The summed E-state index contributed by atoms with van der Waals surface area (Å²) in [6, 6.07) is 14.2. The van der Waals surface area contributed by atoms with Crippen LogP contribution < -0.4 is 0 Å². The average molecular weight is 322 g/mol. The molecule has 1 N–H and O–H groups in total. The molecular weight excluding hydrogens is 300 g/mol. The van der Waals surface area contributed by atoms with Gasteiger partial charge in [-0.05, 0) is 11.6 Å². The molecule has 2 heterocycles. The van der Waals surface area contributed by atoms with Gasteiger partial charge in [-0.2, -0.15) is 5.10 Å². The summed E-state index contributed by atoms with van der Waals surface area (Å²) >= 11 is 0. The van der Waals surface area contributed by atoms with Gasteiger partial charge in [-0.25, -0.2) is 0 Å². The van der Waals surface area contributed by atoms with E-state index in [2.05, 4.69) is 39.4 Å². The smallest absolute Gasteiger partial charge is 0.0968 e. The van der Waals surface area contributed by atoms with E-state index in [1.165, 1.54) is 0 Å². The lowest BCUT2D eigenvalue weighted by Crippen LogP contribution is -2.26. The van der Waals surface area contributed by atoms with Gasteiger partial charge < -0.3 is 5.11 Å². The van der Waals surface area contributed by atoms with E-state index in [4.69, 9.17) is 0 Å². The number of rotatable bonds is 7. The third-order valence-electron chi connectivity index (χ3n) is 3.89. The summed E-state index contributed by atoms with van der Waals surface area (Å²) in [6.45, 7) is 2.21. The molecule has 0 aliphatic carbocycles. The van der Waals surface area contributed by atoms with Gasteiger partial charge in [0.25, 0.3) is 0 Å². The van der Waals surface area contributed by atoms with Crippen molar-refractivity contribution >= 4 is 0 Å². The Hall–Kier alpha value is -2.50. The molecule has 0 atom stereocenters. The van der Waals surface area contributed by atoms with E-state index >= 15 is 0 Å². The van der Waals surface area contributed by atoms with Crippen molar-refractivity contribution in [3.8, 4) is 11.3 Å². The van der Waals surface area contributed by atoms with Crippen molar-refractivity contribution in [3.05, 3.63) is 72.2 Å². The largest absolute Gasteiger partial charge is 0.395 e. The lowest BCUT2D eigenvalue weighted by atomic mass is 10.1. The van der Waals surface area contributed by atoms with E-state index < -0.39 is 0 Å². The molecule has 5 heteroatoms. The van der Waals surface area contributed by atoms with E-state index in [1.807, 2.05) is 42.2 Å². The van der Waals surface area contributed by atoms with Gasteiger partial charge in [-0.1, -0.05) is 36.4 Å². The van der Waals surface area contributed by atoms with E-state index in [9.17, 15) is 5.11 Å². The van der Waals surface area contributed by atoms with Crippen LogP contribution in [0.15, 0.2) is 61.1 Å². The molecule has 0 saturated carbocycles.